The SMILES string of the molecule is CC1CCC(NC(=O)N2CCCNC(=O)C2)(C(=O)O)CC1. The van der Waals surface area contributed by atoms with Gasteiger partial charge in [0.05, 0.1) is 0 Å². The molecule has 0 radical (unpaired) electrons. The van der Waals surface area contributed by atoms with Crippen molar-refractivity contribution >= 4 is 17.9 Å². The van der Waals surface area contributed by atoms with Crippen molar-refractivity contribution in [1.29, 1.82) is 0 Å². The fourth-order valence-corrected chi connectivity index (χ4v) is 2.91. The average molecular weight is 297 g/mol. The van der Waals surface area contributed by atoms with E-state index in [1.807, 2.05) is 0 Å². The first-order chi connectivity index (χ1) is 9.93. The van der Waals surface area contributed by atoms with Crippen LogP contribution >= 0.6 is 0 Å². The molecule has 0 aromatic rings. The molecule has 2 rings (SSSR count). The van der Waals surface area contributed by atoms with Gasteiger partial charge < -0.3 is 20.6 Å². The summed E-state index contributed by atoms with van der Waals surface area (Å²) in [5.41, 5.74) is -1.19. The van der Waals surface area contributed by atoms with Gasteiger partial charge in [-0.15, -0.1) is 0 Å². The van der Waals surface area contributed by atoms with Crippen LogP contribution in [0.2, 0.25) is 0 Å². The van der Waals surface area contributed by atoms with Crippen LogP contribution in [0.5, 0.6) is 0 Å². The number of amides is 3. The number of carbonyl (C=O) groups is 3. The second-order valence-electron chi connectivity index (χ2n) is 6.12. The van der Waals surface area contributed by atoms with E-state index in [0.29, 0.717) is 38.3 Å². The van der Waals surface area contributed by atoms with Crippen molar-refractivity contribution in [3.8, 4) is 0 Å². The Morgan fingerprint density at radius 1 is 1.38 bits per heavy atom. The Labute approximate surface area is 124 Å². The molecule has 0 aromatic carbocycles. The van der Waals surface area contributed by atoms with E-state index in [4.69, 9.17) is 0 Å². The van der Waals surface area contributed by atoms with Gasteiger partial charge in [-0.05, 0) is 38.0 Å². The number of nitrogens with zero attached hydrogens (tertiary/aromatic N) is 1. The number of carbonyl (C=O) groups excluding carboxylic acids is 2. The molecule has 7 nitrogen and oxygen atoms in total. The molecule has 0 atom stereocenters. The number of carboxylic acid groups (broad SMARTS) is 1. The maximum atomic E-state index is 12.3. The predicted octanol–water partition coefficient (Wildman–Crippen LogP) is 0.551. The Kier molecular flexibility index (Phi) is 4.69. The summed E-state index contributed by atoms with van der Waals surface area (Å²) in [5.74, 6) is -0.704. The van der Waals surface area contributed by atoms with E-state index < -0.39 is 17.5 Å². The molecule has 0 bridgehead atoms. The van der Waals surface area contributed by atoms with Crippen molar-refractivity contribution in [2.24, 2.45) is 5.92 Å². The fourth-order valence-electron chi connectivity index (χ4n) is 2.91. The summed E-state index contributed by atoms with van der Waals surface area (Å²) in [5, 5.41) is 14.9. The lowest BCUT2D eigenvalue weighted by Crippen LogP contribution is -2.59. The molecule has 0 unspecified atom stereocenters. The van der Waals surface area contributed by atoms with Gasteiger partial charge in [0, 0.05) is 13.1 Å². The number of hydrogen-bond donors (Lipinski definition) is 3. The quantitative estimate of drug-likeness (QED) is 0.693. The number of urea groups is 1. The van der Waals surface area contributed by atoms with Crippen LogP contribution in [-0.2, 0) is 9.59 Å². The molecule has 0 aromatic heterocycles. The van der Waals surface area contributed by atoms with Gasteiger partial charge in [0.2, 0.25) is 5.91 Å². The topological polar surface area (TPSA) is 98.7 Å². The molecule has 7 heteroatoms. The minimum absolute atomic E-state index is 0.0159. The zero-order chi connectivity index (χ0) is 15.5. The second kappa shape index (κ2) is 6.32. The third kappa shape index (κ3) is 3.65. The number of aliphatic carboxylic acids is 1. The van der Waals surface area contributed by atoms with Gasteiger partial charge in [-0.2, -0.15) is 0 Å². The van der Waals surface area contributed by atoms with E-state index in [-0.39, 0.29) is 12.5 Å². The molecule has 1 saturated carbocycles. The molecule has 1 aliphatic heterocycles. The molecule has 1 aliphatic carbocycles. The lowest BCUT2D eigenvalue weighted by atomic mass is 9.77. The second-order valence-corrected chi connectivity index (χ2v) is 6.12. The number of hydrogen-bond acceptors (Lipinski definition) is 3. The third-order valence-electron chi connectivity index (χ3n) is 4.43. The zero-order valence-electron chi connectivity index (χ0n) is 12.4. The van der Waals surface area contributed by atoms with E-state index in [2.05, 4.69) is 17.6 Å². The highest BCUT2D eigenvalue weighted by molar-refractivity contribution is 5.89. The standard InChI is InChI=1S/C14H23N3O4/c1-10-3-5-14(6-4-10,12(19)20)16-13(21)17-8-2-7-15-11(18)9-17/h10H,2-9H2,1H3,(H,15,18)(H,16,21)(H,19,20). The fraction of sp³-hybridized carbons (Fsp3) is 0.786. The van der Waals surface area contributed by atoms with Crippen LogP contribution < -0.4 is 10.6 Å². The Balaban J connectivity index is 2.04. The number of carboxylic acids is 1. The van der Waals surface area contributed by atoms with Crippen LogP contribution in [0.1, 0.15) is 39.0 Å². The van der Waals surface area contributed by atoms with Gasteiger partial charge in [-0.1, -0.05) is 6.92 Å². The lowest BCUT2D eigenvalue weighted by Gasteiger charge is -2.37. The maximum Gasteiger partial charge on any atom is 0.329 e. The van der Waals surface area contributed by atoms with E-state index in [1.165, 1.54) is 4.90 Å². The molecule has 3 amide bonds. The van der Waals surface area contributed by atoms with Crippen molar-refractivity contribution in [1.82, 2.24) is 15.5 Å². The molecule has 118 valence electrons. The van der Waals surface area contributed by atoms with Crippen LogP contribution in [0.15, 0.2) is 0 Å². The van der Waals surface area contributed by atoms with Crippen LogP contribution in [0.3, 0.4) is 0 Å². The van der Waals surface area contributed by atoms with E-state index in [9.17, 15) is 19.5 Å². The zero-order valence-corrected chi connectivity index (χ0v) is 12.4. The molecule has 21 heavy (non-hydrogen) atoms. The minimum Gasteiger partial charge on any atom is -0.480 e. The minimum atomic E-state index is -1.19. The third-order valence-corrected chi connectivity index (χ3v) is 4.43. The normalized spacial score (nSPS) is 30.2. The van der Waals surface area contributed by atoms with E-state index in [0.717, 1.165) is 12.8 Å². The molecular formula is C14H23N3O4. The predicted molar refractivity (Wildman–Crippen MR) is 75.7 cm³/mol. The number of nitrogens with one attached hydrogen (secondary N) is 2. The summed E-state index contributed by atoms with van der Waals surface area (Å²) in [6.45, 7) is 3.07. The van der Waals surface area contributed by atoms with Gasteiger partial charge in [0.1, 0.15) is 12.1 Å². The summed E-state index contributed by atoms with van der Waals surface area (Å²) < 4.78 is 0. The van der Waals surface area contributed by atoms with Crippen LogP contribution in [0, 0.1) is 5.92 Å². The largest absolute Gasteiger partial charge is 0.480 e. The highest BCUT2D eigenvalue weighted by Gasteiger charge is 2.43. The van der Waals surface area contributed by atoms with Gasteiger partial charge >= 0.3 is 12.0 Å². The lowest BCUT2D eigenvalue weighted by molar-refractivity contribution is -0.146. The Morgan fingerprint density at radius 2 is 2.05 bits per heavy atom. The van der Waals surface area contributed by atoms with Crippen molar-refractivity contribution in [2.45, 2.75) is 44.6 Å². The molecule has 1 heterocycles. The molecule has 3 N–H and O–H groups in total. The van der Waals surface area contributed by atoms with Crippen LogP contribution in [0.25, 0.3) is 0 Å². The van der Waals surface area contributed by atoms with Gasteiger partial charge in [0.15, 0.2) is 0 Å². The summed E-state index contributed by atoms with van der Waals surface area (Å²) in [7, 11) is 0. The smallest absolute Gasteiger partial charge is 0.329 e. The first-order valence-electron chi connectivity index (χ1n) is 7.50. The maximum absolute atomic E-state index is 12.3. The summed E-state index contributed by atoms with van der Waals surface area (Å²) in [6, 6.07) is -0.455. The highest BCUT2D eigenvalue weighted by atomic mass is 16.4. The Bertz CT molecular complexity index is 430. The Morgan fingerprint density at radius 3 is 2.67 bits per heavy atom. The molecular weight excluding hydrogens is 274 g/mol. The highest BCUT2D eigenvalue weighted by Crippen LogP contribution is 2.32. The average Bonchev–Trinajstić information content (AvgIpc) is 2.66. The van der Waals surface area contributed by atoms with Gasteiger partial charge in [0.25, 0.3) is 0 Å². The number of rotatable bonds is 2. The van der Waals surface area contributed by atoms with Crippen molar-refractivity contribution < 1.29 is 19.5 Å². The molecule has 2 aliphatic rings. The van der Waals surface area contributed by atoms with Crippen LogP contribution in [0.4, 0.5) is 4.79 Å². The van der Waals surface area contributed by atoms with Crippen LogP contribution in [-0.4, -0.2) is 53.1 Å². The summed E-state index contributed by atoms with van der Waals surface area (Å²) in [6.07, 6.45) is 3.13. The Hall–Kier alpha value is -1.79. The van der Waals surface area contributed by atoms with Crippen molar-refractivity contribution in [2.75, 3.05) is 19.6 Å². The molecule has 0 spiro atoms. The van der Waals surface area contributed by atoms with E-state index >= 15 is 0 Å². The van der Waals surface area contributed by atoms with Crippen molar-refractivity contribution in [3.05, 3.63) is 0 Å². The molecule has 1 saturated heterocycles. The van der Waals surface area contributed by atoms with E-state index in [1.54, 1.807) is 0 Å². The van der Waals surface area contributed by atoms with Gasteiger partial charge in [-0.25, -0.2) is 9.59 Å². The first-order valence-corrected chi connectivity index (χ1v) is 7.50. The van der Waals surface area contributed by atoms with Crippen molar-refractivity contribution in [3.63, 3.8) is 0 Å². The van der Waals surface area contributed by atoms with Gasteiger partial charge in [-0.3, -0.25) is 4.79 Å². The first kappa shape index (κ1) is 15.6. The summed E-state index contributed by atoms with van der Waals surface area (Å²) in [4.78, 5) is 36.8. The monoisotopic (exact) mass is 297 g/mol. The summed E-state index contributed by atoms with van der Waals surface area (Å²) >= 11 is 0. The molecule has 2 fully saturated rings.